The molecule has 2 rings (SSSR count). The van der Waals surface area contributed by atoms with Gasteiger partial charge in [-0.3, -0.25) is 4.79 Å². The minimum Gasteiger partial charge on any atom is -0.466 e. The van der Waals surface area contributed by atoms with Crippen LogP contribution in [0, 0.1) is 13.8 Å². The Hall–Kier alpha value is -1.55. The molecule has 0 aliphatic carbocycles. The van der Waals surface area contributed by atoms with Gasteiger partial charge in [0.1, 0.15) is 11.5 Å². The zero-order valence-electron chi connectivity index (χ0n) is 10.3. The van der Waals surface area contributed by atoms with Gasteiger partial charge in [-0.1, -0.05) is 15.9 Å². The summed E-state index contributed by atoms with van der Waals surface area (Å²) in [5.74, 6) is 1.63. The lowest BCUT2D eigenvalue weighted by Crippen LogP contribution is -2.22. The van der Waals surface area contributed by atoms with Gasteiger partial charge < -0.3 is 9.73 Å². The van der Waals surface area contributed by atoms with Gasteiger partial charge in [0.25, 0.3) is 5.91 Å². The van der Waals surface area contributed by atoms with Crippen molar-refractivity contribution in [2.45, 2.75) is 20.4 Å². The highest BCUT2D eigenvalue weighted by atomic mass is 79.9. The summed E-state index contributed by atoms with van der Waals surface area (Å²) in [7, 11) is 0. The highest BCUT2D eigenvalue weighted by Crippen LogP contribution is 2.14. The maximum atomic E-state index is 11.9. The van der Waals surface area contributed by atoms with Crippen molar-refractivity contribution in [1.29, 1.82) is 0 Å². The van der Waals surface area contributed by atoms with E-state index in [1.807, 2.05) is 32.0 Å². The maximum Gasteiger partial charge on any atom is 0.251 e. The molecule has 3 nitrogen and oxygen atoms in total. The minimum absolute atomic E-state index is 0.0826. The number of benzene rings is 1. The summed E-state index contributed by atoms with van der Waals surface area (Å²) in [6.45, 7) is 4.28. The van der Waals surface area contributed by atoms with Crippen LogP contribution in [0.2, 0.25) is 0 Å². The number of carbonyl (C=O) groups excluding carboxylic acids is 1. The molecule has 1 aromatic carbocycles. The largest absolute Gasteiger partial charge is 0.466 e. The Morgan fingerprint density at radius 3 is 2.50 bits per heavy atom. The third-order valence-electron chi connectivity index (χ3n) is 2.69. The van der Waals surface area contributed by atoms with Gasteiger partial charge in [0.05, 0.1) is 0 Å². The summed E-state index contributed by atoms with van der Waals surface area (Å²) in [4.78, 5) is 11.9. The smallest absolute Gasteiger partial charge is 0.251 e. The molecule has 0 atom stereocenters. The number of hydrogen-bond donors (Lipinski definition) is 1. The Labute approximate surface area is 114 Å². The van der Waals surface area contributed by atoms with Crippen molar-refractivity contribution in [2.75, 3.05) is 0 Å². The fraction of sp³-hybridized carbons (Fsp3) is 0.214. The van der Waals surface area contributed by atoms with Crippen LogP contribution >= 0.6 is 15.9 Å². The van der Waals surface area contributed by atoms with Gasteiger partial charge >= 0.3 is 0 Å². The number of furan rings is 1. The Morgan fingerprint density at radius 1 is 1.28 bits per heavy atom. The first-order valence-corrected chi connectivity index (χ1v) is 6.45. The number of nitrogens with one attached hydrogen (secondary N) is 1. The van der Waals surface area contributed by atoms with E-state index in [2.05, 4.69) is 21.2 Å². The number of halogens is 1. The van der Waals surface area contributed by atoms with Crippen molar-refractivity contribution in [2.24, 2.45) is 0 Å². The fourth-order valence-electron chi connectivity index (χ4n) is 1.74. The molecule has 4 heteroatoms. The molecule has 0 aliphatic rings. The molecule has 0 radical (unpaired) electrons. The molecule has 0 fully saturated rings. The number of aryl methyl sites for hydroxylation is 2. The van der Waals surface area contributed by atoms with Crippen LogP contribution in [-0.2, 0) is 6.54 Å². The molecule has 0 unspecified atom stereocenters. The van der Waals surface area contributed by atoms with Crippen LogP contribution in [0.4, 0.5) is 0 Å². The van der Waals surface area contributed by atoms with Gasteiger partial charge in [-0.2, -0.15) is 0 Å². The van der Waals surface area contributed by atoms with Crippen LogP contribution in [-0.4, -0.2) is 5.91 Å². The van der Waals surface area contributed by atoms with E-state index in [0.717, 1.165) is 21.6 Å². The maximum absolute atomic E-state index is 11.9. The number of rotatable bonds is 3. The third-order valence-corrected chi connectivity index (χ3v) is 3.22. The summed E-state index contributed by atoms with van der Waals surface area (Å²) < 4.78 is 6.37. The SMILES string of the molecule is Cc1cc(CNC(=O)c2ccc(Br)cc2)c(C)o1. The number of hydrogen-bond acceptors (Lipinski definition) is 2. The van der Waals surface area contributed by atoms with E-state index < -0.39 is 0 Å². The highest BCUT2D eigenvalue weighted by Gasteiger charge is 2.08. The van der Waals surface area contributed by atoms with Crippen LogP contribution in [0.3, 0.4) is 0 Å². The normalized spacial score (nSPS) is 10.4. The molecular formula is C14H14BrNO2. The van der Waals surface area contributed by atoms with E-state index in [4.69, 9.17) is 4.42 Å². The van der Waals surface area contributed by atoms with E-state index in [1.165, 1.54) is 0 Å². The second-order valence-corrected chi connectivity index (χ2v) is 5.04. The van der Waals surface area contributed by atoms with Crippen molar-refractivity contribution < 1.29 is 9.21 Å². The van der Waals surface area contributed by atoms with Gasteiger partial charge in [-0.05, 0) is 44.2 Å². The predicted molar refractivity (Wildman–Crippen MR) is 73.5 cm³/mol. The van der Waals surface area contributed by atoms with Gasteiger partial charge in [-0.25, -0.2) is 0 Å². The molecule has 0 saturated carbocycles. The van der Waals surface area contributed by atoms with E-state index in [9.17, 15) is 4.79 Å². The fourth-order valence-corrected chi connectivity index (χ4v) is 2.00. The molecule has 2 aromatic rings. The topological polar surface area (TPSA) is 42.2 Å². The first kappa shape index (κ1) is 12.9. The van der Waals surface area contributed by atoms with Crippen LogP contribution in [0.1, 0.15) is 27.4 Å². The van der Waals surface area contributed by atoms with Crippen molar-refractivity contribution >= 4 is 21.8 Å². The summed E-state index contributed by atoms with van der Waals surface area (Å²) >= 11 is 3.34. The Morgan fingerprint density at radius 2 is 1.94 bits per heavy atom. The lowest BCUT2D eigenvalue weighted by Gasteiger charge is -2.04. The van der Waals surface area contributed by atoms with Crippen LogP contribution in [0.25, 0.3) is 0 Å². The highest BCUT2D eigenvalue weighted by molar-refractivity contribution is 9.10. The second kappa shape index (κ2) is 5.40. The quantitative estimate of drug-likeness (QED) is 0.941. The standard InChI is InChI=1S/C14H14BrNO2/c1-9-7-12(10(2)18-9)8-16-14(17)11-3-5-13(15)6-4-11/h3-7H,8H2,1-2H3,(H,16,17). The zero-order valence-corrected chi connectivity index (χ0v) is 11.9. The number of carbonyl (C=O) groups is 1. The van der Waals surface area contributed by atoms with Gasteiger partial charge in [0, 0.05) is 22.1 Å². The Bertz CT molecular complexity index is 558. The minimum atomic E-state index is -0.0826. The number of amides is 1. The molecule has 0 spiro atoms. The zero-order chi connectivity index (χ0) is 13.1. The summed E-state index contributed by atoms with van der Waals surface area (Å²) in [6, 6.07) is 9.21. The Balaban J connectivity index is 2.00. The van der Waals surface area contributed by atoms with E-state index in [1.54, 1.807) is 12.1 Å². The molecule has 1 amide bonds. The van der Waals surface area contributed by atoms with E-state index >= 15 is 0 Å². The van der Waals surface area contributed by atoms with Crippen molar-refractivity contribution in [1.82, 2.24) is 5.32 Å². The molecule has 1 N–H and O–H groups in total. The van der Waals surface area contributed by atoms with Crippen LogP contribution in [0.15, 0.2) is 39.2 Å². The van der Waals surface area contributed by atoms with Crippen LogP contribution in [0.5, 0.6) is 0 Å². The van der Waals surface area contributed by atoms with Gasteiger partial charge in [-0.15, -0.1) is 0 Å². The molecule has 18 heavy (non-hydrogen) atoms. The van der Waals surface area contributed by atoms with Gasteiger partial charge in [0.2, 0.25) is 0 Å². The lowest BCUT2D eigenvalue weighted by molar-refractivity contribution is 0.0951. The van der Waals surface area contributed by atoms with E-state index in [-0.39, 0.29) is 5.91 Å². The first-order valence-electron chi connectivity index (χ1n) is 5.66. The monoisotopic (exact) mass is 307 g/mol. The molecule has 0 saturated heterocycles. The lowest BCUT2D eigenvalue weighted by atomic mass is 10.2. The molecule has 94 valence electrons. The molecular weight excluding hydrogens is 294 g/mol. The average Bonchev–Trinajstić information content (AvgIpc) is 2.66. The van der Waals surface area contributed by atoms with E-state index in [0.29, 0.717) is 12.1 Å². The predicted octanol–water partition coefficient (Wildman–Crippen LogP) is 3.59. The third kappa shape index (κ3) is 3.01. The van der Waals surface area contributed by atoms with Gasteiger partial charge in [0.15, 0.2) is 0 Å². The molecule has 0 aliphatic heterocycles. The average molecular weight is 308 g/mol. The second-order valence-electron chi connectivity index (χ2n) is 4.13. The van der Waals surface area contributed by atoms with Crippen molar-refractivity contribution in [3.63, 3.8) is 0 Å². The van der Waals surface area contributed by atoms with Crippen LogP contribution < -0.4 is 5.32 Å². The van der Waals surface area contributed by atoms with Crippen molar-refractivity contribution in [3.8, 4) is 0 Å². The van der Waals surface area contributed by atoms with Crippen molar-refractivity contribution in [3.05, 3.63) is 57.5 Å². The molecule has 0 bridgehead atoms. The summed E-state index contributed by atoms with van der Waals surface area (Å²) in [5, 5.41) is 2.87. The summed E-state index contributed by atoms with van der Waals surface area (Å²) in [6.07, 6.45) is 0. The summed E-state index contributed by atoms with van der Waals surface area (Å²) in [5.41, 5.74) is 1.66. The Kier molecular flexibility index (Phi) is 3.87. The molecule has 1 heterocycles. The molecule has 1 aromatic heterocycles. The first-order chi connectivity index (χ1) is 8.56.